The quantitative estimate of drug-likeness (QED) is 0.828. The molecule has 3 heteroatoms. The molecule has 0 aliphatic rings. The fourth-order valence-electron chi connectivity index (χ4n) is 1.56. The van der Waals surface area contributed by atoms with Crippen molar-refractivity contribution in [3.8, 4) is 5.69 Å². The molecule has 1 atom stereocenters. The number of rotatable bonds is 3. The summed E-state index contributed by atoms with van der Waals surface area (Å²) in [5.74, 6) is 0. The first-order valence-corrected chi connectivity index (χ1v) is 5.15. The Balaban J connectivity index is 2.35. The number of benzene rings is 1. The maximum Gasteiger partial charge on any atom is 0.0991 e. The van der Waals surface area contributed by atoms with Crippen molar-refractivity contribution in [2.45, 2.75) is 19.4 Å². The third kappa shape index (κ3) is 2.07. The molecule has 0 saturated carbocycles. The topological polar surface area (TPSA) is 43.8 Å². The van der Waals surface area contributed by atoms with Gasteiger partial charge in [0.2, 0.25) is 0 Å². The van der Waals surface area contributed by atoms with Gasteiger partial charge in [-0.05, 0) is 24.1 Å². The van der Waals surface area contributed by atoms with E-state index < -0.39 is 0 Å². The van der Waals surface area contributed by atoms with Crippen LogP contribution < -0.4 is 5.73 Å². The zero-order chi connectivity index (χ0) is 10.7. The van der Waals surface area contributed by atoms with Crippen molar-refractivity contribution >= 4 is 0 Å². The van der Waals surface area contributed by atoms with Crippen LogP contribution in [0, 0.1) is 0 Å². The van der Waals surface area contributed by atoms with E-state index in [1.165, 1.54) is 5.56 Å². The normalized spacial score (nSPS) is 12.7. The van der Waals surface area contributed by atoms with Crippen molar-refractivity contribution in [2.24, 2.45) is 5.73 Å². The average molecular weight is 201 g/mol. The highest BCUT2D eigenvalue weighted by Gasteiger charge is 2.04. The molecule has 0 amide bonds. The predicted molar refractivity (Wildman–Crippen MR) is 60.8 cm³/mol. The average Bonchev–Trinajstić information content (AvgIpc) is 2.82. The maximum atomic E-state index is 5.99. The molecule has 3 nitrogen and oxygen atoms in total. The lowest BCUT2D eigenvalue weighted by Crippen LogP contribution is -2.08. The summed E-state index contributed by atoms with van der Waals surface area (Å²) in [6.45, 7) is 2.09. The summed E-state index contributed by atoms with van der Waals surface area (Å²) >= 11 is 0. The van der Waals surface area contributed by atoms with E-state index in [1.807, 2.05) is 22.9 Å². The van der Waals surface area contributed by atoms with Gasteiger partial charge in [-0.25, -0.2) is 4.98 Å². The van der Waals surface area contributed by atoms with Gasteiger partial charge in [-0.3, -0.25) is 0 Å². The van der Waals surface area contributed by atoms with E-state index in [0.717, 1.165) is 12.1 Å². The van der Waals surface area contributed by atoms with Crippen molar-refractivity contribution in [2.75, 3.05) is 0 Å². The highest BCUT2D eigenvalue weighted by atomic mass is 15.0. The van der Waals surface area contributed by atoms with Crippen LogP contribution >= 0.6 is 0 Å². The zero-order valence-corrected chi connectivity index (χ0v) is 8.80. The predicted octanol–water partition coefficient (Wildman–Crippen LogP) is 2.28. The molecule has 1 aromatic heterocycles. The summed E-state index contributed by atoms with van der Waals surface area (Å²) < 4.78 is 1.98. The van der Waals surface area contributed by atoms with E-state index in [1.54, 1.807) is 12.5 Å². The molecule has 0 aliphatic carbocycles. The first kappa shape index (κ1) is 9.93. The minimum absolute atomic E-state index is 0.119. The van der Waals surface area contributed by atoms with Crippen LogP contribution in [0.1, 0.15) is 24.9 Å². The van der Waals surface area contributed by atoms with Crippen molar-refractivity contribution in [3.63, 3.8) is 0 Å². The highest BCUT2D eigenvalue weighted by molar-refractivity contribution is 5.36. The lowest BCUT2D eigenvalue weighted by atomic mass is 10.1. The number of nitrogens with zero attached hydrogens (tertiary/aromatic N) is 2. The van der Waals surface area contributed by atoms with Crippen molar-refractivity contribution in [1.29, 1.82) is 0 Å². The molecule has 1 unspecified atom stereocenters. The summed E-state index contributed by atoms with van der Waals surface area (Å²) in [5.41, 5.74) is 8.27. The lowest BCUT2D eigenvalue weighted by molar-refractivity contribution is 0.698. The Bertz CT molecular complexity index is 420. The van der Waals surface area contributed by atoms with Gasteiger partial charge in [0.05, 0.1) is 6.33 Å². The summed E-state index contributed by atoms with van der Waals surface area (Å²) in [6, 6.07) is 8.37. The number of imidazole rings is 1. The van der Waals surface area contributed by atoms with Crippen LogP contribution in [0.15, 0.2) is 43.0 Å². The maximum absolute atomic E-state index is 5.99. The van der Waals surface area contributed by atoms with E-state index >= 15 is 0 Å². The SMILES string of the molecule is CCC(N)c1cccc(-n2ccnc2)c1. The van der Waals surface area contributed by atoms with Gasteiger partial charge < -0.3 is 10.3 Å². The zero-order valence-electron chi connectivity index (χ0n) is 8.80. The lowest BCUT2D eigenvalue weighted by Gasteiger charge is -2.11. The minimum atomic E-state index is 0.119. The number of hydrogen-bond donors (Lipinski definition) is 1. The fraction of sp³-hybridized carbons (Fsp3) is 0.250. The first-order chi connectivity index (χ1) is 7.31. The number of aromatic nitrogens is 2. The Morgan fingerprint density at radius 1 is 1.47 bits per heavy atom. The van der Waals surface area contributed by atoms with E-state index in [9.17, 15) is 0 Å². The number of hydrogen-bond acceptors (Lipinski definition) is 2. The second kappa shape index (κ2) is 4.28. The van der Waals surface area contributed by atoms with Crippen molar-refractivity contribution in [1.82, 2.24) is 9.55 Å². The molecule has 0 fully saturated rings. The largest absolute Gasteiger partial charge is 0.324 e. The van der Waals surface area contributed by atoms with Gasteiger partial charge in [0.1, 0.15) is 0 Å². The van der Waals surface area contributed by atoms with E-state index in [0.29, 0.717) is 0 Å². The smallest absolute Gasteiger partial charge is 0.0991 e. The van der Waals surface area contributed by atoms with E-state index in [4.69, 9.17) is 5.73 Å². The van der Waals surface area contributed by atoms with Gasteiger partial charge in [0.15, 0.2) is 0 Å². The Kier molecular flexibility index (Phi) is 2.83. The molecule has 2 aromatic rings. The molecule has 1 aromatic carbocycles. The van der Waals surface area contributed by atoms with Crippen LogP contribution in [0.4, 0.5) is 0 Å². The minimum Gasteiger partial charge on any atom is -0.324 e. The van der Waals surface area contributed by atoms with Crippen LogP contribution in [0.5, 0.6) is 0 Å². The van der Waals surface area contributed by atoms with Crippen LogP contribution in [0.2, 0.25) is 0 Å². The molecule has 0 spiro atoms. The van der Waals surface area contributed by atoms with Crippen LogP contribution in [-0.2, 0) is 0 Å². The second-order valence-electron chi connectivity index (χ2n) is 3.58. The number of nitrogens with two attached hydrogens (primary N) is 1. The monoisotopic (exact) mass is 201 g/mol. The Morgan fingerprint density at radius 2 is 2.33 bits per heavy atom. The summed E-state index contributed by atoms with van der Waals surface area (Å²) in [6.07, 6.45) is 6.44. The molecule has 1 heterocycles. The van der Waals surface area contributed by atoms with Gasteiger partial charge >= 0.3 is 0 Å². The standard InChI is InChI=1S/C12H15N3/c1-2-12(13)10-4-3-5-11(8-10)15-7-6-14-9-15/h3-9,12H,2,13H2,1H3. The van der Waals surface area contributed by atoms with E-state index in [2.05, 4.69) is 24.0 Å². The van der Waals surface area contributed by atoms with Gasteiger partial charge in [-0.1, -0.05) is 19.1 Å². The second-order valence-corrected chi connectivity index (χ2v) is 3.58. The molecular formula is C12H15N3. The molecule has 0 bridgehead atoms. The van der Waals surface area contributed by atoms with Crippen LogP contribution in [-0.4, -0.2) is 9.55 Å². The van der Waals surface area contributed by atoms with Crippen molar-refractivity contribution in [3.05, 3.63) is 48.5 Å². The molecule has 15 heavy (non-hydrogen) atoms. The molecule has 2 N–H and O–H groups in total. The third-order valence-corrected chi connectivity index (χ3v) is 2.54. The summed E-state index contributed by atoms with van der Waals surface area (Å²) in [5, 5.41) is 0. The molecule has 0 aliphatic heterocycles. The summed E-state index contributed by atoms with van der Waals surface area (Å²) in [7, 11) is 0. The summed E-state index contributed by atoms with van der Waals surface area (Å²) in [4.78, 5) is 4.02. The fourth-order valence-corrected chi connectivity index (χ4v) is 1.56. The molecule has 2 rings (SSSR count). The van der Waals surface area contributed by atoms with Gasteiger partial charge in [-0.2, -0.15) is 0 Å². The van der Waals surface area contributed by atoms with Gasteiger partial charge in [0.25, 0.3) is 0 Å². The Morgan fingerprint density at radius 3 is 3.00 bits per heavy atom. The highest BCUT2D eigenvalue weighted by Crippen LogP contribution is 2.17. The Hall–Kier alpha value is -1.61. The van der Waals surface area contributed by atoms with Gasteiger partial charge in [0, 0.05) is 24.1 Å². The van der Waals surface area contributed by atoms with Crippen LogP contribution in [0.3, 0.4) is 0 Å². The first-order valence-electron chi connectivity index (χ1n) is 5.15. The molecule has 0 radical (unpaired) electrons. The van der Waals surface area contributed by atoms with Gasteiger partial charge in [-0.15, -0.1) is 0 Å². The molecule has 0 saturated heterocycles. The van der Waals surface area contributed by atoms with Crippen LogP contribution in [0.25, 0.3) is 5.69 Å². The third-order valence-electron chi connectivity index (χ3n) is 2.54. The molecule has 78 valence electrons. The van der Waals surface area contributed by atoms with Crippen molar-refractivity contribution < 1.29 is 0 Å². The van der Waals surface area contributed by atoms with E-state index in [-0.39, 0.29) is 6.04 Å². The molecular weight excluding hydrogens is 186 g/mol. The Labute approximate surface area is 89.6 Å².